The number of halogens is 1. The molecule has 1 fully saturated rings. The lowest BCUT2D eigenvalue weighted by atomic mass is 10.1. The highest BCUT2D eigenvalue weighted by atomic mass is 32.1. The van der Waals surface area contributed by atoms with Gasteiger partial charge in [-0.2, -0.15) is 0 Å². The Bertz CT molecular complexity index is 1490. The van der Waals surface area contributed by atoms with Crippen LogP contribution in [0.25, 0.3) is 26.1 Å². The first kappa shape index (κ1) is 21.3. The number of aromatic nitrogens is 2. The number of piperazine rings is 1. The molecule has 1 saturated heterocycles. The molecule has 5 rings (SSSR count). The largest absolute Gasteiger partial charge is 0.462 e. The lowest BCUT2D eigenvalue weighted by Crippen LogP contribution is -2.48. The number of anilines is 1. The van der Waals surface area contributed by atoms with Crippen molar-refractivity contribution >= 4 is 55.1 Å². The maximum atomic E-state index is 15.2. The number of ether oxygens (including phenoxy) is 1. The van der Waals surface area contributed by atoms with Crippen molar-refractivity contribution in [2.24, 2.45) is 0 Å². The predicted octanol–water partition coefficient (Wildman–Crippen LogP) is 3.05. The van der Waals surface area contributed by atoms with Gasteiger partial charge in [-0.05, 0) is 25.1 Å². The number of hydrogen-bond acceptors (Lipinski definition) is 7. The minimum atomic E-state index is -0.738. The van der Waals surface area contributed by atoms with E-state index in [1.807, 2.05) is 24.3 Å². The Morgan fingerprint density at radius 3 is 2.61 bits per heavy atom. The topological polar surface area (TPSA) is 84.2 Å². The van der Waals surface area contributed by atoms with E-state index in [2.05, 4.69) is 4.98 Å². The molecule has 4 heterocycles. The van der Waals surface area contributed by atoms with Crippen LogP contribution in [0.1, 0.15) is 24.2 Å². The number of hydrogen-bond donors (Lipinski definition) is 0. The molecule has 170 valence electrons. The van der Waals surface area contributed by atoms with E-state index in [0.717, 1.165) is 16.3 Å². The van der Waals surface area contributed by atoms with Crippen LogP contribution >= 0.6 is 11.3 Å². The number of pyridine rings is 2. The van der Waals surface area contributed by atoms with Crippen LogP contribution in [0.4, 0.5) is 10.2 Å². The standard InChI is InChI=1S/C23H21FN4O4S/c1-3-32-23(31)18-19(30)14-12-15(24)21(27-10-8-26(9-11-27)13(2)29)25-20(14)28-16-6-4-5-7-17(16)33-22(18)28/h4-7,12H,3,8-11H2,1-2H3. The van der Waals surface area contributed by atoms with Gasteiger partial charge < -0.3 is 14.5 Å². The van der Waals surface area contributed by atoms with Gasteiger partial charge >= 0.3 is 5.97 Å². The zero-order chi connectivity index (χ0) is 23.3. The van der Waals surface area contributed by atoms with Gasteiger partial charge in [0.1, 0.15) is 10.4 Å². The van der Waals surface area contributed by atoms with Gasteiger partial charge in [-0.3, -0.25) is 14.0 Å². The molecule has 0 saturated carbocycles. The third-order valence-electron chi connectivity index (χ3n) is 5.85. The highest BCUT2D eigenvalue weighted by Crippen LogP contribution is 2.32. The van der Waals surface area contributed by atoms with Gasteiger partial charge in [0.05, 0.1) is 22.2 Å². The fourth-order valence-electron chi connectivity index (χ4n) is 4.24. The molecule has 0 aliphatic carbocycles. The van der Waals surface area contributed by atoms with Crippen LogP contribution in [0.2, 0.25) is 0 Å². The zero-order valence-electron chi connectivity index (χ0n) is 18.1. The van der Waals surface area contributed by atoms with Gasteiger partial charge in [0, 0.05) is 33.1 Å². The summed E-state index contributed by atoms with van der Waals surface area (Å²) in [5.74, 6) is -1.28. The van der Waals surface area contributed by atoms with Crippen LogP contribution in [0, 0.1) is 5.82 Å². The summed E-state index contributed by atoms with van der Waals surface area (Å²) in [6.07, 6.45) is 0. The molecular weight excluding hydrogens is 447 g/mol. The van der Waals surface area contributed by atoms with Crippen molar-refractivity contribution < 1.29 is 18.7 Å². The molecule has 1 aromatic carbocycles. The van der Waals surface area contributed by atoms with Gasteiger partial charge in [-0.25, -0.2) is 14.2 Å². The molecule has 1 aliphatic rings. The Kier molecular flexibility index (Phi) is 5.24. The van der Waals surface area contributed by atoms with Gasteiger partial charge in [-0.1, -0.05) is 12.1 Å². The van der Waals surface area contributed by atoms with E-state index in [0.29, 0.717) is 31.0 Å². The summed E-state index contributed by atoms with van der Waals surface area (Å²) < 4.78 is 22.9. The normalized spacial score (nSPS) is 14.4. The number of thiazole rings is 1. The smallest absolute Gasteiger partial charge is 0.345 e. The van der Waals surface area contributed by atoms with Crippen LogP contribution in [0.3, 0.4) is 0 Å². The van der Waals surface area contributed by atoms with Crippen molar-refractivity contribution in [3.8, 4) is 0 Å². The molecule has 10 heteroatoms. The van der Waals surface area contributed by atoms with E-state index in [1.165, 1.54) is 18.3 Å². The minimum Gasteiger partial charge on any atom is -0.462 e. The number of rotatable bonds is 3. The number of para-hydroxylation sites is 1. The Morgan fingerprint density at radius 1 is 1.18 bits per heavy atom. The average Bonchev–Trinajstić information content (AvgIpc) is 3.18. The van der Waals surface area contributed by atoms with Crippen LogP contribution in [0.5, 0.6) is 0 Å². The zero-order valence-corrected chi connectivity index (χ0v) is 18.9. The van der Waals surface area contributed by atoms with E-state index in [9.17, 15) is 14.4 Å². The van der Waals surface area contributed by atoms with E-state index in [4.69, 9.17) is 4.74 Å². The maximum absolute atomic E-state index is 15.2. The first-order valence-electron chi connectivity index (χ1n) is 10.6. The molecule has 1 amide bonds. The lowest BCUT2D eigenvalue weighted by molar-refractivity contribution is -0.129. The Balaban J connectivity index is 1.77. The Hall–Kier alpha value is -3.53. The fraction of sp³-hybridized carbons (Fsp3) is 0.304. The molecule has 0 bridgehead atoms. The average molecular weight is 469 g/mol. The molecule has 0 spiro atoms. The second-order valence-electron chi connectivity index (χ2n) is 7.79. The van der Waals surface area contributed by atoms with Crippen LogP contribution in [0.15, 0.2) is 35.1 Å². The number of benzene rings is 1. The van der Waals surface area contributed by atoms with Crippen LogP contribution in [-0.4, -0.2) is 58.9 Å². The molecule has 0 N–H and O–H groups in total. The summed E-state index contributed by atoms with van der Waals surface area (Å²) in [5, 5.41) is 0.0164. The highest BCUT2D eigenvalue weighted by molar-refractivity contribution is 7.24. The van der Waals surface area contributed by atoms with Crippen molar-refractivity contribution in [3.63, 3.8) is 0 Å². The second kappa shape index (κ2) is 8.11. The molecule has 3 aromatic heterocycles. The van der Waals surface area contributed by atoms with Crippen molar-refractivity contribution in [1.82, 2.24) is 14.3 Å². The fourth-order valence-corrected chi connectivity index (χ4v) is 5.41. The molecule has 0 unspecified atom stereocenters. The molecule has 1 aliphatic heterocycles. The summed E-state index contributed by atoms with van der Waals surface area (Å²) in [6.45, 7) is 5.08. The number of carbonyl (C=O) groups is 2. The van der Waals surface area contributed by atoms with Crippen LogP contribution in [-0.2, 0) is 9.53 Å². The predicted molar refractivity (Wildman–Crippen MR) is 125 cm³/mol. The molecule has 4 aromatic rings. The molecule has 0 radical (unpaired) electrons. The Labute approximate surface area is 191 Å². The second-order valence-corrected chi connectivity index (χ2v) is 8.82. The lowest BCUT2D eigenvalue weighted by Gasteiger charge is -2.35. The third kappa shape index (κ3) is 3.41. The van der Waals surface area contributed by atoms with Crippen molar-refractivity contribution in [2.75, 3.05) is 37.7 Å². The van der Waals surface area contributed by atoms with Crippen molar-refractivity contribution in [3.05, 3.63) is 51.9 Å². The van der Waals surface area contributed by atoms with Gasteiger partial charge in [-0.15, -0.1) is 11.3 Å². The number of fused-ring (bicyclic) bond motifs is 5. The molecular formula is C23H21FN4O4S. The SMILES string of the molecule is CCOC(=O)c1c(=O)c2cc(F)c(N3CCN(C(C)=O)CC3)nc2n2c1sc1ccccc12. The summed E-state index contributed by atoms with van der Waals surface area (Å²) in [7, 11) is 0. The van der Waals surface area contributed by atoms with Gasteiger partial charge in [0.2, 0.25) is 11.3 Å². The quantitative estimate of drug-likeness (QED) is 0.430. The summed E-state index contributed by atoms with van der Waals surface area (Å²) >= 11 is 1.29. The van der Waals surface area contributed by atoms with E-state index >= 15 is 4.39 Å². The highest BCUT2D eigenvalue weighted by Gasteiger charge is 2.27. The molecule has 8 nitrogen and oxygen atoms in total. The monoisotopic (exact) mass is 468 g/mol. The Morgan fingerprint density at radius 2 is 1.91 bits per heavy atom. The number of esters is 1. The van der Waals surface area contributed by atoms with Crippen molar-refractivity contribution in [2.45, 2.75) is 13.8 Å². The number of amides is 1. The summed E-state index contributed by atoms with van der Waals surface area (Å²) in [5.41, 5.74) is 0.328. The van der Waals surface area contributed by atoms with E-state index < -0.39 is 17.2 Å². The number of carbonyl (C=O) groups excluding carboxylic acids is 2. The van der Waals surface area contributed by atoms with Gasteiger partial charge in [0.15, 0.2) is 17.3 Å². The summed E-state index contributed by atoms with van der Waals surface area (Å²) in [4.78, 5) is 46.1. The minimum absolute atomic E-state index is 0.0164. The first-order chi connectivity index (χ1) is 15.9. The maximum Gasteiger partial charge on any atom is 0.345 e. The van der Waals surface area contributed by atoms with E-state index in [-0.39, 0.29) is 34.9 Å². The van der Waals surface area contributed by atoms with Crippen LogP contribution < -0.4 is 10.3 Å². The first-order valence-corrected chi connectivity index (χ1v) is 11.5. The van der Waals surface area contributed by atoms with E-state index in [1.54, 1.807) is 21.1 Å². The van der Waals surface area contributed by atoms with Gasteiger partial charge in [0.25, 0.3) is 0 Å². The van der Waals surface area contributed by atoms with Crippen molar-refractivity contribution in [1.29, 1.82) is 0 Å². The third-order valence-corrected chi connectivity index (χ3v) is 7.00. The molecule has 0 atom stereocenters. The molecule has 33 heavy (non-hydrogen) atoms. The number of nitrogens with zero attached hydrogens (tertiary/aromatic N) is 4. The summed E-state index contributed by atoms with van der Waals surface area (Å²) in [6, 6.07) is 8.64.